The maximum Gasteiger partial charge on any atom is 0.317 e. The number of methoxy groups -OCH3 is 1. The van der Waals surface area contributed by atoms with Gasteiger partial charge in [-0.05, 0) is 0 Å². The molecule has 1 aromatic heterocycles. The Hall–Kier alpha value is -2.51. The van der Waals surface area contributed by atoms with Gasteiger partial charge in [0.1, 0.15) is 0 Å². The Morgan fingerprint density at radius 3 is 2.70 bits per heavy atom. The van der Waals surface area contributed by atoms with Crippen LogP contribution in [-0.2, 0) is 9.53 Å². The highest BCUT2D eigenvalue weighted by molar-refractivity contribution is 5.95. The Balaban J connectivity index is 2.89. The van der Waals surface area contributed by atoms with E-state index in [9.17, 15) is 9.59 Å². The Labute approximate surface area is 115 Å². The highest BCUT2D eigenvalue weighted by Gasteiger charge is 2.19. The Morgan fingerprint density at radius 2 is 2.15 bits per heavy atom. The van der Waals surface area contributed by atoms with Crippen LogP contribution in [0.5, 0.6) is 11.5 Å². The van der Waals surface area contributed by atoms with E-state index >= 15 is 0 Å². The first-order valence-electron chi connectivity index (χ1n) is 5.75. The predicted molar refractivity (Wildman–Crippen MR) is 66.7 cm³/mol. The van der Waals surface area contributed by atoms with Crippen LogP contribution in [0.2, 0.25) is 0 Å². The second-order valence-corrected chi connectivity index (χ2v) is 3.99. The van der Waals surface area contributed by atoms with E-state index in [4.69, 9.17) is 19.7 Å². The van der Waals surface area contributed by atoms with Crippen LogP contribution in [0.15, 0.2) is 17.4 Å². The molecular formula is C12H15N3O5. The molecule has 1 aromatic rings. The van der Waals surface area contributed by atoms with E-state index in [0.29, 0.717) is 0 Å². The number of ether oxygens (including phenoxy) is 3. The molecule has 8 nitrogen and oxygen atoms in total. The van der Waals surface area contributed by atoms with Gasteiger partial charge < -0.3 is 14.2 Å². The predicted octanol–water partition coefficient (Wildman–Crippen LogP) is 1.80. The largest absolute Gasteiger partial charge is 0.493 e. The van der Waals surface area contributed by atoms with Crippen molar-refractivity contribution < 1.29 is 23.8 Å². The van der Waals surface area contributed by atoms with E-state index in [-0.39, 0.29) is 23.1 Å². The SMILES string of the molecule is COc1ccnc(C(=O)N=N)c1OCOC(=O)C(C)C. The Morgan fingerprint density at radius 1 is 1.45 bits per heavy atom. The van der Waals surface area contributed by atoms with Gasteiger partial charge >= 0.3 is 11.9 Å². The summed E-state index contributed by atoms with van der Waals surface area (Å²) in [5, 5.41) is 2.77. The van der Waals surface area contributed by atoms with Gasteiger partial charge in [-0.1, -0.05) is 13.8 Å². The van der Waals surface area contributed by atoms with Gasteiger partial charge in [0.05, 0.1) is 13.0 Å². The zero-order valence-electron chi connectivity index (χ0n) is 11.4. The zero-order chi connectivity index (χ0) is 15.1. The minimum Gasteiger partial charge on any atom is -0.493 e. The van der Waals surface area contributed by atoms with Gasteiger partial charge in [-0.2, -0.15) is 0 Å². The summed E-state index contributed by atoms with van der Waals surface area (Å²) >= 11 is 0. The quantitative estimate of drug-likeness (QED) is 0.483. The average molecular weight is 281 g/mol. The second-order valence-electron chi connectivity index (χ2n) is 3.99. The first-order chi connectivity index (χ1) is 9.51. The van der Waals surface area contributed by atoms with Gasteiger partial charge in [0.15, 0.2) is 17.2 Å². The van der Waals surface area contributed by atoms with E-state index in [1.165, 1.54) is 19.4 Å². The first kappa shape index (κ1) is 15.5. The van der Waals surface area contributed by atoms with Crippen LogP contribution in [0.3, 0.4) is 0 Å². The molecule has 1 amide bonds. The Kier molecular flexibility index (Phi) is 5.57. The van der Waals surface area contributed by atoms with E-state index < -0.39 is 18.7 Å². The molecule has 20 heavy (non-hydrogen) atoms. The maximum absolute atomic E-state index is 11.4. The lowest BCUT2D eigenvalue weighted by atomic mass is 10.2. The van der Waals surface area contributed by atoms with E-state index in [2.05, 4.69) is 10.1 Å². The topological polar surface area (TPSA) is 111 Å². The summed E-state index contributed by atoms with van der Waals surface area (Å²) in [5.74, 6) is -1.40. The van der Waals surface area contributed by atoms with Crippen LogP contribution in [0.1, 0.15) is 24.3 Å². The van der Waals surface area contributed by atoms with Crippen LogP contribution < -0.4 is 9.47 Å². The number of carbonyl (C=O) groups is 2. The molecule has 0 radical (unpaired) electrons. The van der Waals surface area contributed by atoms with Crippen LogP contribution in [0, 0.1) is 11.4 Å². The fourth-order valence-corrected chi connectivity index (χ4v) is 1.25. The molecule has 0 saturated carbocycles. The van der Waals surface area contributed by atoms with Gasteiger partial charge in [-0.25, -0.2) is 10.5 Å². The molecule has 0 spiro atoms. The molecule has 0 atom stereocenters. The minimum atomic E-state index is -0.880. The molecular weight excluding hydrogens is 266 g/mol. The summed E-state index contributed by atoms with van der Waals surface area (Å²) in [5.41, 5.74) is 6.55. The lowest BCUT2D eigenvalue weighted by molar-refractivity contribution is -0.154. The minimum absolute atomic E-state index is 0.0208. The maximum atomic E-state index is 11.4. The fraction of sp³-hybridized carbons (Fsp3) is 0.417. The summed E-state index contributed by atoms with van der Waals surface area (Å²) in [6.45, 7) is 2.97. The first-order valence-corrected chi connectivity index (χ1v) is 5.75. The summed E-state index contributed by atoms with van der Waals surface area (Å²) < 4.78 is 15.1. The number of rotatable bonds is 6. The fourth-order valence-electron chi connectivity index (χ4n) is 1.25. The number of hydrogen-bond acceptors (Lipinski definition) is 7. The number of pyridine rings is 1. The van der Waals surface area contributed by atoms with Gasteiger partial charge in [-0.3, -0.25) is 9.59 Å². The molecule has 8 heteroatoms. The van der Waals surface area contributed by atoms with Gasteiger partial charge in [0.2, 0.25) is 6.79 Å². The normalized spacial score (nSPS) is 10.0. The second kappa shape index (κ2) is 7.17. The summed E-state index contributed by atoms with van der Waals surface area (Å²) in [7, 11) is 1.38. The number of hydrogen-bond donors (Lipinski definition) is 1. The zero-order valence-corrected chi connectivity index (χ0v) is 11.4. The van der Waals surface area contributed by atoms with Crippen LogP contribution in [0.25, 0.3) is 0 Å². The molecule has 0 aliphatic carbocycles. The van der Waals surface area contributed by atoms with E-state index in [1.807, 2.05) is 0 Å². The third-order valence-electron chi connectivity index (χ3n) is 2.27. The summed E-state index contributed by atoms with van der Waals surface area (Å²) in [4.78, 5) is 26.5. The van der Waals surface area contributed by atoms with Crippen molar-refractivity contribution in [3.05, 3.63) is 18.0 Å². The van der Waals surface area contributed by atoms with Gasteiger partial charge in [0, 0.05) is 12.3 Å². The van der Waals surface area contributed by atoms with Crippen molar-refractivity contribution in [2.24, 2.45) is 11.0 Å². The molecule has 108 valence electrons. The highest BCUT2D eigenvalue weighted by Crippen LogP contribution is 2.29. The van der Waals surface area contributed by atoms with Crippen LogP contribution >= 0.6 is 0 Å². The van der Waals surface area contributed by atoms with Crippen molar-refractivity contribution in [1.82, 2.24) is 4.98 Å². The standard InChI is InChI=1S/C12H15N3O5/c1-7(2)12(17)20-6-19-10-8(18-3)4-5-14-9(10)11(16)15-13/h4-5,7,13H,6H2,1-3H3. The molecule has 1 rings (SSSR count). The molecule has 0 saturated heterocycles. The molecule has 0 aromatic carbocycles. The van der Waals surface area contributed by atoms with Crippen molar-refractivity contribution in [3.8, 4) is 11.5 Å². The number of nitrogens with zero attached hydrogens (tertiary/aromatic N) is 2. The molecule has 0 bridgehead atoms. The smallest absolute Gasteiger partial charge is 0.317 e. The van der Waals surface area contributed by atoms with Gasteiger partial charge in [0.25, 0.3) is 0 Å². The molecule has 0 fully saturated rings. The lowest BCUT2D eigenvalue weighted by Crippen LogP contribution is -2.16. The van der Waals surface area contributed by atoms with Crippen molar-refractivity contribution in [1.29, 1.82) is 5.53 Å². The lowest BCUT2D eigenvalue weighted by Gasteiger charge is -2.13. The van der Waals surface area contributed by atoms with Crippen LogP contribution in [-0.4, -0.2) is 30.8 Å². The Bertz CT molecular complexity index is 516. The monoisotopic (exact) mass is 281 g/mol. The third kappa shape index (κ3) is 3.74. The molecule has 0 unspecified atom stereocenters. The van der Waals surface area contributed by atoms with E-state index in [1.54, 1.807) is 13.8 Å². The van der Waals surface area contributed by atoms with Crippen molar-refractivity contribution in [2.45, 2.75) is 13.8 Å². The highest BCUT2D eigenvalue weighted by atomic mass is 16.7. The van der Waals surface area contributed by atoms with Crippen LogP contribution in [0.4, 0.5) is 0 Å². The molecule has 1 heterocycles. The molecule has 1 N–H and O–H groups in total. The number of aromatic nitrogens is 1. The summed E-state index contributed by atoms with van der Waals surface area (Å²) in [6.07, 6.45) is 1.32. The van der Waals surface area contributed by atoms with E-state index in [0.717, 1.165) is 0 Å². The van der Waals surface area contributed by atoms with Gasteiger partial charge in [-0.15, -0.1) is 5.11 Å². The number of esters is 1. The van der Waals surface area contributed by atoms with Crippen molar-refractivity contribution in [2.75, 3.05) is 13.9 Å². The van der Waals surface area contributed by atoms with Crippen molar-refractivity contribution >= 4 is 11.9 Å². The summed E-state index contributed by atoms with van der Waals surface area (Å²) in [6, 6.07) is 1.47. The number of carbonyl (C=O) groups excluding carboxylic acids is 2. The van der Waals surface area contributed by atoms with Crippen molar-refractivity contribution in [3.63, 3.8) is 0 Å². The molecule has 0 aliphatic rings. The molecule has 0 aliphatic heterocycles. The number of nitrogens with one attached hydrogen (secondary N) is 1. The third-order valence-corrected chi connectivity index (χ3v) is 2.27. The average Bonchev–Trinajstić information content (AvgIpc) is 2.46. The number of amides is 1.